The Hall–Kier alpha value is -2.65. The zero-order chi connectivity index (χ0) is 22.0. The number of hydrogen-bond acceptors (Lipinski definition) is 5. The van der Waals surface area contributed by atoms with Crippen molar-refractivity contribution < 1.29 is 13.2 Å². The van der Waals surface area contributed by atoms with Gasteiger partial charge in [0.2, 0.25) is 10.0 Å². The van der Waals surface area contributed by atoms with Gasteiger partial charge in [-0.1, -0.05) is 17.7 Å². The quantitative estimate of drug-likeness (QED) is 0.423. The van der Waals surface area contributed by atoms with Crippen LogP contribution in [0.2, 0.25) is 5.02 Å². The Labute approximate surface area is 188 Å². The first-order valence-corrected chi connectivity index (χ1v) is 12.0. The highest BCUT2D eigenvalue weighted by molar-refractivity contribution is 7.89. The van der Waals surface area contributed by atoms with E-state index < -0.39 is 10.0 Å². The molecule has 0 spiro atoms. The standard InChI is InChI=1S/C22H19ClN2O4S2/c1-29-18-6-9-21-15(12-18)11-16(22(26)24-21)13-25(14-19-3-2-10-30-19)31(27,28)20-7-4-17(23)5-8-20/h2-12H,13-14H2,1H3,(H,24,26). The minimum absolute atomic E-state index is 0.0780. The van der Waals surface area contributed by atoms with Gasteiger partial charge in [0.1, 0.15) is 5.75 Å². The van der Waals surface area contributed by atoms with Crippen LogP contribution in [0.15, 0.2) is 75.7 Å². The summed E-state index contributed by atoms with van der Waals surface area (Å²) in [4.78, 5) is 16.5. The van der Waals surface area contributed by atoms with Gasteiger partial charge in [-0.25, -0.2) is 8.42 Å². The van der Waals surface area contributed by atoms with Crippen LogP contribution in [0.25, 0.3) is 10.9 Å². The van der Waals surface area contributed by atoms with Crippen molar-refractivity contribution in [2.24, 2.45) is 0 Å². The van der Waals surface area contributed by atoms with Gasteiger partial charge in [-0.15, -0.1) is 11.3 Å². The van der Waals surface area contributed by atoms with E-state index in [2.05, 4.69) is 4.98 Å². The SMILES string of the molecule is COc1ccc2[nH]c(=O)c(CN(Cc3cccs3)S(=O)(=O)c3ccc(Cl)cc3)cc2c1. The van der Waals surface area contributed by atoms with Crippen molar-refractivity contribution in [2.75, 3.05) is 7.11 Å². The predicted molar refractivity (Wildman–Crippen MR) is 123 cm³/mol. The minimum Gasteiger partial charge on any atom is -0.497 e. The zero-order valence-electron chi connectivity index (χ0n) is 16.5. The highest BCUT2D eigenvalue weighted by Gasteiger charge is 2.26. The molecular formula is C22H19ClN2O4S2. The number of ether oxygens (including phenoxy) is 1. The number of nitrogens with one attached hydrogen (secondary N) is 1. The van der Waals surface area contributed by atoms with E-state index in [1.807, 2.05) is 17.5 Å². The van der Waals surface area contributed by atoms with Crippen molar-refractivity contribution in [3.63, 3.8) is 0 Å². The van der Waals surface area contributed by atoms with Gasteiger partial charge < -0.3 is 9.72 Å². The first-order chi connectivity index (χ1) is 14.9. The van der Waals surface area contributed by atoms with Gasteiger partial charge in [-0.2, -0.15) is 4.31 Å². The molecule has 0 saturated carbocycles. The summed E-state index contributed by atoms with van der Waals surface area (Å²) >= 11 is 7.38. The van der Waals surface area contributed by atoms with Crippen LogP contribution < -0.4 is 10.3 Å². The number of hydrogen-bond donors (Lipinski definition) is 1. The Morgan fingerprint density at radius 1 is 1.06 bits per heavy atom. The van der Waals surface area contributed by atoms with Crippen molar-refractivity contribution in [2.45, 2.75) is 18.0 Å². The fourth-order valence-electron chi connectivity index (χ4n) is 3.22. The Balaban J connectivity index is 1.76. The van der Waals surface area contributed by atoms with E-state index in [1.165, 1.54) is 39.9 Å². The summed E-state index contributed by atoms with van der Waals surface area (Å²) in [6.45, 7) is 0.0730. The number of sulfonamides is 1. The van der Waals surface area contributed by atoms with Crippen LogP contribution >= 0.6 is 22.9 Å². The molecule has 0 atom stereocenters. The summed E-state index contributed by atoms with van der Waals surface area (Å²) in [7, 11) is -2.31. The van der Waals surface area contributed by atoms with E-state index in [1.54, 1.807) is 31.4 Å². The smallest absolute Gasteiger partial charge is 0.252 e. The maximum Gasteiger partial charge on any atom is 0.252 e. The third-order valence-corrected chi connectivity index (χ3v) is 7.76. The van der Waals surface area contributed by atoms with Crippen molar-refractivity contribution in [3.8, 4) is 5.75 Å². The molecule has 4 aromatic rings. The third kappa shape index (κ3) is 4.67. The minimum atomic E-state index is -3.87. The zero-order valence-corrected chi connectivity index (χ0v) is 18.9. The Kier molecular flexibility index (Phi) is 6.15. The summed E-state index contributed by atoms with van der Waals surface area (Å²) in [6, 6.07) is 16.7. The molecule has 1 N–H and O–H groups in total. The number of H-pyrrole nitrogens is 1. The summed E-state index contributed by atoms with van der Waals surface area (Å²) in [5.74, 6) is 0.648. The monoisotopic (exact) mass is 474 g/mol. The van der Waals surface area contributed by atoms with E-state index in [9.17, 15) is 13.2 Å². The first kappa shape index (κ1) is 21.6. The Morgan fingerprint density at radius 3 is 2.52 bits per heavy atom. The maximum absolute atomic E-state index is 13.4. The highest BCUT2D eigenvalue weighted by atomic mass is 35.5. The lowest BCUT2D eigenvalue weighted by Gasteiger charge is -2.22. The van der Waals surface area contributed by atoms with Gasteiger partial charge in [-0.3, -0.25) is 4.79 Å². The molecule has 0 radical (unpaired) electrons. The number of fused-ring (bicyclic) bond motifs is 1. The highest BCUT2D eigenvalue weighted by Crippen LogP contribution is 2.25. The number of benzene rings is 2. The van der Waals surface area contributed by atoms with Gasteiger partial charge >= 0.3 is 0 Å². The van der Waals surface area contributed by atoms with E-state index >= 15 is 0 Å². The summed E-state index contributed by atoms with van der Waals surface area (Å²) in [6.07, 6.45) is 0. The van der Waals surface area contributed by atoms with Crippen LogP contribution in [-0.4, -0.2) is 24.8 Å². The van der Waals surface area contributed by atoms with Gasteiger partial charge in [0.05, 0.1) is 12.0 Å². The third-order valence-electron chi connectivity index (χ3n) is 4.84. The van der Waals surface area contributed by atoms with E-state index in [-0.39, 0.29) is 23.5 Å². The van der Waals surface area contributed by atoms with Gasteiger partial charge in [0.15, 0.2) is 0 Å². The van der Waals surface area contributed by atoms with Crippen LogP contribution in [0, 0.1) is 0 Å². The van der Waals surface area contributed by atoms with Crippen LogP contribution in [0.4, 0.5) is 0 Å². The van der Waals surface area contributed by atoms with Crippen molar-refractivity contribution in [1.29, 1.82) is 0 Å². The average Bonchev–Trinajstić information content (AvgIpc) is 3.27. The molecule has 0 aliphatic rings. The van der Waals surface area contributed by atoms with E-state index in [0.29, 0.717) is 21.9 Å². The second kappa shape index (κ2) is 8.84. The molecule has 0 amide bonds. The van der Waals surface area contributed by atoms with Crippen LogP contribution in [0.1, 0.15) is 10.4 Å². The Bertz CT molecular complexity index is 1370. The topological polar surface area (TPSA) is 79.5 Å². The fourth-order valence-corrected chi connectivity index (χ4v) is 5.55. The largest absolute Gasteiger partial charge is 0.497 e. The van der Waals surface area contributed by atoms with Crippen LogP contribution in [0.3, 0.4) is 0 Å². The molecule has 6 nitrogen and oxygen atoms in total. The molecule has 0 aliphatic heterocycles. The van der Waals surface area contributed by atoms with Crippen LogP contribution in [0.5, 0.6) is 5.75 Å². The number of pyridine rings is 1. The molecule has 2 aromatic carbocycles. The number of thiophene rings is 1. The lowest BCUT2D eigenvalue weighted by Crippen LogP contribution is -2.32. The summed E-state index contributed by atoms with van der Waals surface area (Å²) in [5.41, 5.74) is 0.662. The normalized spacial score (nSPS) is 11.8. The van der Waals surface area contributed by atoms with Crippen LogP contribution in [-0.2, 0) is 23.1 Å². The lowest BCUT2D eigenvalue weighted by atomic mass is 10.1. The van der Waals surface area contributed by atoms with E-state index in [4.69, 9.17) is 16.3 Å². The van der Waals surface area contributed by atoms with Crippen molar-refractivity contribution in [3.05, 3.63) is 91.9 Å². The number of aromatic nitrogens is 1. The summed E-state index contributed by atoms with van der Waals surface area (Å²) in [5, 5.41) is 3.09. The predicted octanol–water partition coefficient (Wildman–Crippen LogP) is 4.64. The Morgan fingerprint density at radius 2 is 1.84 bits per heavy atom. The second-order valence-corrected chi connectivity index (χ2v) is 10.3. The number of methoxy groups -OCH3 is 1. The van der Waals surface area contributed by atoms with Gasteiger partial charge in [0, 0.05) is 39.5 Å². The molecule has 4 rings (SSSR count). The van der Waals surface area contributed by atoms with Gasteiger partial charge in [-0.05, 0) is 60.0 Å². The van der Waals surface area contributed by atoms with E-state index in [0.717, 1.165) is 10.3 Å². The van der Waals surface area contributed by atoms with Gasteiger partial charge in [0.25, 0.3) is 5.56 Å². The average molecular weight is 475 g/mol. The number of halogens is 1. The second-order valence-electron chi connectivity index (χ2n) is 6.88. The molecule has 0 saturated heterocycles. The molecule has 31 heavy (non-hydrogen) atoms. The molecule has 2 aromatic heterocycles. The number of aromatic amines is 1. The summed E-state index contributed by atoms with van der Waals surface area (Å²) < 4.78 is 33.4. The lowest BCUT2D eigenvalue weighted by molar-refractivity contribution is 0.402. The maximum atomic E-state index is 13.4. The first-order valence-electron chi connectivity index (χ1n) is 9.35. The molecular weight excluding hydrogens is 456 g/mol. The van der Waals surface area contributed by atoms with Crippen molar-refractivity contribution in [1.82, 2.24) is 9.29 Å². The molecule has 9 heteroatoms. The molecule has 2 heterocycles. The molecule has 0 aliphatic carbocycles. The number of nitrogens with zero attached hydrogens (tertiary/aromatic N) is 1. The fraction of sp³-hybridized carbons (Fsp3) is 0.136. The number of rotatable bonds is 7. The van der Waals surface area contributed by atoms with Crippen molar-refractivity contribution >= 4 is 43.9 Å². The molecule has 0 fully saturated rings. The molecule has 0 bridgehead atoms. The molecule has 0 unspecified atom stereocenters. The molecule has 160 valence electrons.